The van der Waals surface area contributed by atoms with E-state index in [2.05, 4.69) is 23.1 Å². The van der Waals surface area contributed by atoms with Gasteiger partial charge in [-0.05, 0) is 25.9 Å². The largest absolute Gasteiger partial charge is 0.374 e. The second-order valence-electron chi connectivity index (χ2n) is 4.25. The van der Waals surface area contributed by atoms with E-state index >= 15 is 0 Å². The minimum Gasteiger partial charge on any atom is -0.374 e. The minimum atomic E-state index is 0.362. The molecule has 16 heavy (non-hydrogen) atoms. The van der Waals surface area contributed by atoms with Crippen molar-refractivity contribution in [1.29, 1.82) is 0 Å². The molecule has 1 unspecified atom stereocenters. The quantitative estimate of drug-likeness (QED) is 0.518. The lowest BCUT2D eigenvalue weighted by atomic mass is 10.2. The van der Waals surface area contributed by atoms with Gasteiger partial charge in [0.05, 0.1) is 12.7 Å². The molecule has 0 saturated carbocycles. The summed E-state index contributed by atoms with van der Waals surface area (Å²) in [5.74, 6) is 2.66. The Balaban J connectivity index is 1.98. The van der Waals surface area contributed by atoms with Crippen molar-refractivity contribution in [3.05, 3.63) is 0 Å². The second-order valence-corrected chi connectivity index (χ2v) is 4.25. The Morgan fingerprint density at radius 1 is 1.50 bits per heavy atom. The molecule has 1 aliphatic rings. The van der Waals surface area contributed by atoms with Crippen LogP contribution in [0.1, 0.15) is 26.2 Å². The summed E-state index contributed by atoms with van der Waals surface area (Å²) in [7, 11) is 0. The van der Waals surface area contributed by atoms with Crippen LogP contribution in [0.2, 0.25) is 0 Å². The third kappa shape index (κ3) is 5.50. The molecular weight excluding hydrogens is 200 g/mol. The highest BCUT2D eigenvalue weighted by molar-refractivity contribution is 4.83. The molecule has 0 aliphatic carbocycles. The first-order chi connectivity index (χ1) is 7.86. The Morgan fingerprint density at radius 2 is 2.38 bits per heavy atom. The van der Waals surface area contributed by atoms with Crippen molar-refractivity contribution in [2.75, 3.05) is 39.3 Å². The van der Waals surface area contributed by atoms with Crippen LogP contribution in [0.5, 0.6) is 0 Å². The highest BCUT2D eigenvalue weighted by Crippen LogP contribution is 2.03. The first-order valence-corrected chi connectivity index (χ1v) is 6.35. The molecule has 92 valence electrons. The van der Waals surface area contributed by atoms with Gasteiger partial charge in [0, 0.05) is 26.1 Å². The Bertz CT molecular complexity index is 212. The van der Waals surface area contributed by atoms with E-state index in [1.54, 1.807) is 0 Å². The molecule has 1 fully saturated rings. The smallest absolute Gasteiger partial charge is 0.0826 e. The zero-order valence-corrected chi connectivity index (χ0v) is 10.4. The van der Waals surface area contributed by atoms with Gasteiger partial charge in [-0.2, -0.15) is 0 Å². The third-order valence-electron chi connectivity index (χ3n) is 2.97. The number of nitrogens with zero attached hydrogens (tertiary/aromatic N) is 1. The van der Waals surface area contributed by atoms with Gasteiger partial charge in [-0.3, -0.25) is 4.90 Å². The normalized spacial score (nSPS) is 21.9. The Labute approximate surface area is 99.5 Å². The number of hydrogen-bond donors (Lipinski definition) is 1. The average Bonchev–Trinajstić information content (AvgIpc) is 2.34. The number of nitrogens with one attached hydrogen (secondary N) is 1. The molecule has 0 bridgehead atoms. The Hall–Kier alpha value is -0.560. The SMILES string of the molecule is C#CCCCCNCC1CN(CC)CCO1. The molecule has 0 amide bonds. The van der Waals surface area contributed by atoms with Crippen LogP contribution < -0.4 is 5.32 Å². The van der Waals surface area contributed by atoms with Crippen LogP contribution in [0, 0.1) is 12.3 Å². The maximum atomic E-state index is 5.70. The van der Waals surface area contributed by atoms with Crippen molar-refractivity contribution < 1.29 is 4.74 Å². The summed E-state index contributed by atoms with van der Waals surface area (Å²) in [6.07, 6.45) is 8.73. The molecule has 1 aliphatic heterocycles. The average molecular weight is 224 g/mol. The molecular formula is C13H24N2O. The predicted molar refractivity (Wildman–Crippen MR) is 67.4 cm³/mol. The number of morpholine rings is 1. The number of hydrogen-bond acceptors (Lipinski definition) is 3. The van der Waals surface area contributed by atoms with Crippen LogP contribution in [0.15, 0.2) is 0 Å². The van der Waals surface area contributed by atoms with Gasteiger partial charge in [-0.1, -0.05) is 6.92 Å². The Kier molecular flexibility index (Phi) is 7.24. The van der Waals surface area contributed by atoms with Gasteiger partial charge >= 0.3 is 0 Å². The standard InChI is InChI=1S/C13H24N2O/c1-3-5-6-7-8-14-11-13-12-15(4-2)9-10-16-13/h1,13-14H,4-12H2,2H3. The van der Waals surface area contributed by atoms with E-state index in [-0.39, 0.29) is 0 Å². The predicted octanol–water partition coefficient (Wildman–Crippen LogP) is 1.10. The molecule has 3 nitrogen and oxygen atoms in total. The fourth-order valence-electron chi connectivity index (χ4n) is 1.93. The second kappa shape index (κ2) is 8.58. The van der Waals surface area contributed by atoms with E-state index in [4.69, 9.17) is 11.2 Å². The van der Waals surface area contributed by atoms with E-state index in [1.165, 1.54) is 0 Å². The maximum Gasteiger partial charge on any atom is 0.0826 e. The molecule has 0 aromatic rings. The number of ether oxygens (including phenoxy) is 1. The van der Waals surface area contributed by atoms with E-state index in [0.29, 0.717) is 6.10 Å². The first-order valence-electron chi connectivity index (χ1n) is 6.35. The van der Waals surface area contributed by atoms with E-state index < -0.39 is 0 Å². The lowest BCUT2D eigenvalue weighted by molar-refractivity contribution is -0.0251. The minimum absolute atomic E-state index is 0.362. The van der Waals surface area contributed by atoms with Crippen molar-refractivity contribution >= 4 is 0 Å². The van der Waals surface area contributed by atoms with Crippen LogP contribution in [-0.4, -0.2) is 50.3 Å². The van der Waals surface area contributed by atoms with Gasteiger partial charge in [0.15, 0.2) is 0 Å². The van der Waals surface area contributed by atoms with Gasteiger partial charge in [0.25, 0.3) is 0 Å². The number of rotatable bonds is 7. The maximum absolute atomic E-state index is 5.70. The van der Waals surface area contributed by atoms with Crippen LogP contribution in [0.3, 0.4) is 0 Å². The van der Waals surface area contributed by atoms with Crippen LogP contribution in [-0.2, 0) is 4.74 Å². The zero-order chi connectivity index (χ0) is 11.6. The molecule has 1 heterocycles. The summed E-state index contributed by atoms with van der Waals surface area (Å²) < 4.78 is 5.70. The molecule has 0 radical (unpaired) electrons. The van der Waals surface area contributed by atoms with Gasteiger partial charge in [-0.25, -0.2) is 0 Å². The highest BCUT2D eigenvalue weighted by Gasteiger charge is 2.18. The highest BCUT2D eigenvalue weighted by atomic mass is 16.5. The summed E-state index contributed by atoms with van der Waals surface area (Å²) in [5, 5.41) is 3.44. The van der Waals surface area contributed by atoms with E-state index in [9.17, 15) is 0 Å². The summed E-state index contributed by atoms with van der Waals surface area (Å²) in [6.45, 7) is 8.36. The third-order valence-corrected chi connectivity index (χ3v) is 2.97. The molecule has 1 saturated heterocycles. The summed E-state index contributed by atoms with van der Waals surface area (Å²) in [5.41, 5.74) is 0. The van der Waals surface area contributed by atoms with Crippen molar-refractivity contribution in [1.82, 2.24) is 10.2 Å². The lowest BCUT2D eigenvalue weighted by Crippen LogP contribution is -2.46. The first kappa shape index (κ1) is 13.5. The van der Waals surface area contributed by atoms with Gasteiger partial charge in [0.2, 0.25) is 0 Å². The van der Waals surface area contributed by atoms with Crippen molar-refractivity contribution in [2.45, 2.75) is 32.3 Å². The number of likely N-dealkylation sites (N-methyl/N-ethyl adjacent to an activating group) is 1. The zero-order valence-electron chi connectivity index (χ0n) is 10.4. The van der Waals surface area contributed by atoms with E-state index in [0.717, 1.165) is 58.6 Å². The topological polar surface area (TPSA) is 24.5 Å². The number of unbranched alkanes of at least 4 members (excludes halogenated alkanes) is 2. The van der Waals surface area contributed by atoms with Gasteiger partial charge in [-0.15, -0.1) is 12.3 Å². The fourth-order valence-corrected chi connectivity index (χ4v) is 1.93. The van der Waals surface area contributed by atoms with E-state index in [1.807, 2.05) is 0 Å². The molecule has 1 atom stereocenters. The van der Waals surface area contributed by atoms with Crippen molar-refractivity contribution in [3.8, 4) is 12.3 Å². The van der Waals surface area contributed by atoms with Crippen molar-refractivity contribution in [2.24, 2.45) is 0 Å². The van der Waals surface area contributed by atoms with Gasteiger partial charge < -0.3 is 10.1 Å². The molecule has 0 aromatic heterocycles. The lowest BCUT2D eigenvalue weighted by Gasteiger charge is -2.32. The van der Waals surface area contributed by atoms with Crippen LogP contribution in [0.25, 0.3) is 0 Å². The number of terminal acetylenes is 1. The summed E-state index contributed by atoms with van der Waals surface area (Å²) in [4.78, 5) is 2.44. The molecule has 1 rings (SSSR count). The Morgan fingerprint density at radius 3 is 3.12 bits per heavy atom. The molecule has 0 spiro atoms. The summed E-state index contributed by atoms with van der Waals surface area (Å²) >= 11 is 0. The van der Waals surface area contributed by atoms with Crippen LogP contribution in [0.4, 0.5) is 0 Å². The van der Waals surface area contributed by atoms with Gasteiger partial charge in [0.1, 0.15) is 0 Å². The summed E-state index contributed by atoms with van der Waals surface area (Å²) in [6, 6.07) is 0. The van der Waals surface area contributed by atoms with Crippen molar-refractivity contribution in [3.63, 3.8) is 0 Å². The molecule has 0 aromatic carbocycles. The monoisotopic (exact) mass is 224 g/mol. The van der Waals surface area contributed by atoms with Crippen LogP contribution >= 0.6 is 0 Å². The fraction of sp³-hybridized carbons (Fsp3) is 0.846. The molecule has 1 N–H and O–H groups in total. The molecule has 3 heteroatoms.